The van der Waals surface area contributed by atoms with Gasteiger partial charge in [-0.2, -0.15) is 0 Å². The first-order chi connectivity index (χ1) is 9.56. The molecule has 2 aromatic rings. The van der Waals surface area contributed by atoms with Crippen molar-refractivity contribution >= 4 is 12.6 Å². The second-order valence-corrected chi connectivity index (χ2v) is 5.14. The van der Waals surface area contributed by atoms with Crippen molar-refractivity contribution < 1.29 is 14.8 Å². The lowest BCUT2D eigenvalue weighted by atomic mass is 9.78. The molecule has 0 saturated heterocycles. The molecule has 2 rings (SSSR count). The van der Waals surface area contributed by atoms with Crippen LogP contribution in [0.4, 0.5) is 0 Å². The Labute approximate surface area is 120 Å². The number of rotatable bonds is 5. The molecule has 3 nitrogen and oxygen atoms in total. The lowest BCUT2D eigenvalue weighted by Crippen LogP contribution is -2.30. The van der Waals surface area contributed by atoms with Crippen molar-refractivity contribution in [1.29, 1.82) is 0 Å². The van der Waals surface area contributed by atoms with Crippen molar-refractivity contribution in [2.45, 2.75) is 26.4 Å². The maximum absolute atomic E-state index is 9.34. The fourth-order valence-corrected chi connectivity index (χ4v) is 1.95. The minimum absolute atomic E-state index is 0.299. The van der Waals surface area contributed by atoms with Crippen LogP contribution in [0.3, 0.4) is 0 Å². The van der Waals surface area contributed by atoms with Crippen molar-refractivity contribution in [2.24, 2.45) is 0 Å². The predicted octanol–water partition coefficient (Wildman–Crippen LogP) is 2.07. The summed E-state index contributed by atoms with van der Waals surface area (Å²) in [6, 6.07) is 15.3. The molecule has 0 aliphatic carbocycles. The second kappa shape index (κ2) is 6.59. The minimum Gasteiger partial charge on any atom is -0.489 e. The quantitative estimate of drug-likeness (QED) is 0.818. The Balaban J connectivity index is 2.18. The zero-order chi connectivity index (χ0) is 14.5. The van der Waals surface area contributed by atoms with Gasteiger partial charge >= 0.3 is 7.12 Å². The van der Waals surface area contributed by atoms with E-state index in [4.69, 9.17) is 4.74 Å². The summed E-state index contributed by atoms with van der Waals surface area (Å²) in [6.45, 7) is 4.58. The molecule has 0 unspecified atom stereocenters. The van der Waals surface area contributed by atoms with Gasteiger partial charge < -0.3 is 14.8 Å². The van der Waals surface area contributed by atoms with E-state index >= 15 is 0 Å². The zero-order valence-electron chi connectivity index (χ0n) is 11.8. The third-order valence-electron chi connectivity index (χ3n) is 3.16. The Hall–Kier alpha value is -1.78. The second-order valence-electron chi connectivity index (χ2n) is 5.14. The third-order valence-corrected chi connectivity index (χ3v) is 3.16. The van der Waals surface area contributed by atoms with Gasteiger partial charge in [0.2, 0.25) is 0 Å². The van der Waals surface area contributed by atoms with Crippen LogP contribution in [0.15, 0.2) is 48.5 Å². The molecule has 0 aromatic heterocycles. The van der Waals surface area contributed by atoms with Crippen molar-refractivity contribution in [2.75, 3.05) is 0 Å². The molecule has 4 heteroatoms. The summed E-state index contributed by atoms with van der Waals surface area (Å²) in [5.41, 5.74) is 2.56. The van der Waals surface area contributed by atoms with Gasteiger partial charge in [0.1, 0.15) is 12.4 Å². The average molecular weight is 270 g/mol. The maximum Gasteiger partial charge on any atom is 0.488 e. The summed E-state index contributed by atoms with van der Waals surface area (Å²) in [4.78, 5) is 0. The summed E-state index contributed by atoms with van der Waals surface area (Å²) in [6.07, 6.45) is 0. The molecule has 0 atom stereocenters. The van der Waals surface area contributed by atoms with Gasteiger partial charge in [0.05, 0.1) is 0 Å². The highest BCUT2D eigenvalue weighted by atomic mass is 16.5. The van der Waals surface area contributed by atoms with Crippen LogP contribution in [0.25, 0.3) is 0 Å². The van der Waals surface area contributed by atoms with E-state index in [0.29, 0.717) is 23.7 Å². The fraction of sp³-hybridized carbons (Fsp3) is 0.250. The van der Waals surface area contributed by atoms with E-state index in [-0.39, 0.29) is 0 Å². The standard InChI is InChI=1S/C16H19BO3/c1-12(2)14-8-15(17(18)19)10-16(9-14)20-11-13-6-4-3-5-7-13/h3-10,12,18-19H,11H2,1-2H3. The van der Waals surface area contributed by atoms with E-state index in [1.165, 1.54) is 0 Å². The van der Waals surface area contributed by atoms with Gasteiger partial charge in [-0.05, 0) is 34.6 Å². The Morgan fingerprint density at radius 2 is 1.75 bits per heavy atom. The summed E-state index contributed by atoms with van der Waals surface area (Å²) in [7, 11) is -1.48. The molecule has 0 aliphatic heterocycles. The normalized spacial score (nSPS) is 10.7. The van der Waals surface area contributed by atoms with Gasteiger partial charge in [-0.15, -0.1) is 0 Å². The molecule has 0 fully saturated rings. The molecule has 0 amide bonds. The predicted molar refractivity (Wildman–Crippen MR) is 81.1 cm³/mol. The topological polar surface area (TPSA) is 49.7 Å². The largest absolute Gasteiger partial charge is 0.489 e. The molecule has 104 valence electrons. The Morgan fingerprint density at radius 1 is 1.05 bits per heavy atom. The molecular weight excluding hydrogens is 251 g/mol. The Bertz CT molecular complexity index is 527. The van der Waals surface area contributed by atoms with Crippen LogP contribution < -0.4 is 10.2 Å². The number of hydrogen-bond donors (Lipinski definition) is 2. The first kappa shape index (κ1) is 14.6. The molecule has 0 aliphatic rings. The van der Waals surface area contributed by atoms with E-state index in [0.717, 1.165) is 11.1 Å². The highest BCUT2D eigenvalue weighted by Gasteiger charge is 2.14. The lowest BCUT2D eigenvalue weighted by molar-refractivity contribution is 0.306. The summed E-state index contributed by atoms with van der Waals surface area (Å²) < 4.78 is 5.75. The number of benzene rings is 2. The van der Waals surface area contributed by atoms with Gasteiger partial charge in [0.25, 0.3) is 0 Å². The third kappa shape index (κ3) is 3.86. The first-order valence-electron chi connectivity index (χ1n) is 6.74. The van der Waals surface area contributed by atoms with Gasteiger partial charge in [-0.1, -0.05) is 50.2 Å². The van der Waals surface area contributed by atoms with Crippen molar-refractivity contribution in [1.82, 2.24) is 0 Å². The monoisotopic (exact) mass is 270 g/mol. The smallest absolute Gasteiger partial charge is 0.488 e. The van der Waals surface area contributed by atoms with Crippen molar-refractivity contribution in [3.63, 3.8) is 0 Å². The first-order valence-corrected chi connectivity index (χ1v) is 6.74. The van der Waals surface area contributed by atoms with Crippen LogP contribution in [0.1, 0.15) is 30.9 Å². The van der Waals surface area contributed by atoms with Crippen molar-refractivity contribution in [3.05, 3.63) is 59.7 Å². The Morgan fingerprint density at radius 3 is 2.35 bits per heavy atom. The summed E-state index contributed by atoms with van der Waals surface area (Å²) in [5.74, 6) is 0.955. The van der Waals surface area contributed by atoms with E-state index in [1.807, 2.05) is 36.4 Å². The van der Waals surface area contributed by atoms with Crippen LogP contribution >= 0.6 is 0 Å². The lowest BCUT2D eigenvalue weighted by Gasteiger charge is -2.13. The van der Waals surface area contributed by atoms with Gasteiger partial charge in [0, 0.05) is 0 Å². The molecule has 2 N–H and O–H groups in total. The molecule has 0 saturated carbocycles. The van der Waals surface area contributed by atoms with Crippen LogP contribution in [-0.4, -0.2) is 17.2 Å². The van der Waals surface area contributed by atoms with Crippen LogP contribution in [0.5, 0.6) is 5.75 Å². The molecular formula is C16H19BO3. The van der Waals surface area contributed by atoms with E-state index in [9.17, 15) is 10.0 Å². The SMILES string of the molecule is CC(C)c1cc(OCc2ccccc2)cc(B(O)O)c1. The highest BCUT2D eigenvalue weighted by Crippen LogP contribution is 2.20. The zero-order valence-corrected chi connectivity index (χ0v) is 11.8. The van der Waals surface area contributed by atoms with Crippen LogP contribution in [0.2, 0.25) is 0 Å². The van der Waals surface area contributed by atoms with Crippen LogP contribution in [0, 0.1) is 0 Å². The Kier molecular flexibility index (Phi) is 4.82. The minimum atomic E-state index is -1.48. The molecule has 0 heterocycles. The average Bonchev–Trinajstić information content (AvgIpc) is 2.45. The van der Waals surface area contributed by atoms with E-state index in [1.54, 1.807) is 12.1 Å². The fourth-order valence-electron chi connectivity index (χ4n) is 1.95. The van der Waals surface area contributed by atoms with Crippen molar-refractivity contribution in [3.8, 4) is 5.75 Å². The van der Waals surface area contributed by atoms with Crippen LogP contribution in [-0.2, 0) is 6.61 Å². The molecule has 2 aromatic carbocycles. The number of hydrogen-bond acceptors (Lipinski definition) is 3. The van der Waals surface area contributed by atoms with Gasteiger partial charge in [-0.25, -0.2) is 0 Å². The summed E-state index contributed by atoms with van der Waals surface area (Å²) >= 11 is 0. The highest BCUT2D eigenvalue weighted by molar-refractivity contribution is 6.58. The molecule has 0 radical (unpaired) electrons. The molecule has 0 spiro atoms. The molecule has 20 heavy (non-hydrogen) atoms. The van der Waals surface area contributed by atoms with Gasteiger partial charge in [-0.3, -0.25) is 0 Å². The molecule has 0 bridgehead atoms. The van der Waals surface area contributed by atoms with Gasteiger partial charge in [0.15, 0.2) is 0 Å². The van der Waals surface area contributed by atoms with E-state index < -0.39 is 7.12 Å². The summed E-state index contributed by atoms with van der Waals surface area (Å²) in [5, 5.41) is 18.7. The maximum atomic E-state index is 9.34. The van der Waals surface area contributed by atoms with E-state index in [2.05, 4.69) is 13.8 Å². The number of ether oxygens (including phenoxy) is 1.